The van der Waals surface area contributed by atoms with Crippen LogP contribution in [0.5, 0.6) is 0 Å². The highest BCUT2D eigenvalue weighted by molar-refractivity contribution is 5.27. The largest absolute Gasteiger partial charge is 0.374 e. The molecule has 0 spiro atoms. The first-order valence-corrected chi connectivity index (χ1v) is 16.1. The first-order chi connectivity index (χ1) is 23.7. The highest BCUT2D eigenvalue weighted by Gasteiger charge is 2.57. The average molecular weight is 642 g/mol. The van der Waals surface area contributed by atoms with Crippen LogP contribution in [0.4, 0.5) is 0 Å². The van der Waals surface area contributed by atoms with Gasteiger partial charge < -0.3 is 23.7 Å². The summed E-state index contributed by atoms with van der Waals surface area (Å²) in [5.41, 5.74) is 13.1. The second-order valence-corrected chi connectivity index (χ2v) is 11.6. The molecule has 1 aliphatic rings. The normalized spacial score (nSPS) is 22.1. The Morgan fingerprint density at radius 2 is 0.958 bits per heavy atom. The Balaban J connectivity index is 1.41. The van der Waals surface area contributed by atoms with Crippen molar-refractivity contribution in [3.63, 3.8) is 0 Å². The molecule has 244 valence electrons. The van der Waals surface area contributed by atoms with E-state index in [4.69, 9.17) is 23.7 Å². The van der Waals surface area contributed by atoms with E-state index in [-0.39, 0.29) is 19.8 Å². The van der Waals surface area contributed by atoms with Crippen molar-refractivity contribution in [1.82, 2.24) is 0 Å². The van der Waals surface area contributed by atoms with E-state index >= 15 is 0 Å². The molecule has 1 aliphatic heterocycles. The third kappa shape index (κ3) is 8.37. The van der Waals surface area contributed by atoms with Crippen LogP contribution in [0.15, 0.2) is 157 Å². The van der Waals surface area contributed by atoms with Crippen LogP contribution in [-0.4, -0.2) is 31.0 Å². The Morgan fingerprint density at radius 1 is 0.542 bits per heavy atom. The quantitative estimate of drug-likeness (QED) is 0.0649. The Kier molecular flexibility index (Phi) is 11.6. The zero-order chi connectivity index (χ0) is 32.9. The summed E-state index contributed by atoms with van der Waals surface area (Å²) in [6.07, 6.45) is -2.98. The maximum absolute atomic E-state index is 10.1. The number of nitrogens with zero attached hydrogens (tertiary/aromatic N) is 3. The van der Waals surface area contributed by atoms with Gasteiger partial charge in [0.25, 0.3) is 0 Å². The fourth-order valence-electron chi connectivity index (χ4n) is 5.97. The molecule has 5 atom stereocenters. The molecule has 8 nitrogen and oxygen atoms in total. The molecule has 0 saturated carbocycles. The van der Waals surface area contributed by atoms with Gasteiger partial charge in [-0.3, -0.25) is 0 Å². The minimum absolute atomic E-state index is 0.153. The molecular weight excluding hydrogens is 602 g/mol. The summed E-state index contributed by atoms with van der Waals surface area (Å²) >= 11 is 0. The van der Waals surface area contributed by atoms with Crippen molar-refractivity contribution in [2.24, 2.45) is 5.11 Å². The molecule has 6 rings (SSSR count). The second kappa shape index (κ2) is 16.9. The van der Waals surface area contributed by atoms with Gasteiger partial charge in [-0.25, -0.2) is 0 Å². The number of ether oxygens (including phenoxy) is 5. The zero-order valence-electron chi connectivity index (χ0n) is 26.7. The molecule has 0 unspecified atom stereocenters. The van der Waals surface area contributed by atoms with Crippen molar-refractivity contribution in [1.29, 1.82) is 0 Å². The molecule has 0 bridgehead atoms. The number of hydrogen-bond acceptors (Lipinski definition) is 6. The molecule has 0 N–H and O–H groups in total. The van der Waals surface area contributed by atoms with Crippen LogP contribution < -0.4 is 0 Å². The smallest absolute Gasteiger partial charge is 0.201 e. The van der Waals surface area contributed by atoms with E-state index in [0.29, 0.717) is 18.8 Å². The monoisotopic (exact) mass is 641 g/mol. The molecular formula is C40H39N3O5. The maximum atomic E-state index is 10.1. The molecule has 0 radical (unpaired) electrons. The van der Waals surface area contributed by atoms with Gasteiger partial charge in [0, 0.05) is 4.91 Å². The van der Waals surface area contributed by atoms with E-state index < -0.39 is 30.1 Å². The van der Waals surface area contributed by atoms with Gasteiger partial charge in [-0.2, -0.15) is 0 Å². The van der Waals surface area contributed by atoms with Crippen molar-refractivity contribution in [3.8, 4) is 0 Å². The van der Waals surface area contributed by atoms with Crippen molar-refractivity contribution in [2.45, 2.75) is 56.6 Å². The lowest BCUT2D eigenvalue weighted by Crippen LogP contribution is -2.65. The van der Waals surface area contributed by atoms with Crippen LogP contribution in [-0.2, 0) is 55.8 Å². The lowest BCUT2D eigenvalue weighted by Gasteiger charge is -2.51. The topological polar surface area (TPSA) is 94.9 Å². The zero-order valence-corrected chi connectivity index (χ0v) is 26.7. The van der Waals surface area contributed by atoms with Crippen molar-refractivity contribution in [2.75, 3.05) is 6.61 Å². The van der Waals surface area contributed by atoms with Crippen LogP contribution >= 0.6 is 0 Å². The SMILES string of the molecule is [N-]=[N+]=N[C@@]1(c2ccccc2)O[C@H](COCc2ccccc2)[C@@H](OCc2ccccc2)[C@H](OCc2ccccc2)[C@H]1OCc1ccccc1. The van der Waals surface area contributed by atoms with Crippen molar-refractivity contribution >= 4 is 0 Å². The van der Waals surface area contributed by atoms with Crippen LogP contribution in [0.25, 0.3) is 10.4 Å². The Morgan fingerprint density at radius 3 is 1.44 bits per heavy atom. The molecule has 8 heteroatoms. The molecule has 0 amide bonds. The lowest BCUT2D eigenvalue weighted by atomic mass is 9.85. The van der Waals surface area contributed by atoms with Crippen LogP contribution in [0.3, 0.4) is 0 Å². The van der Waals surface area contributed by atoms with Gasteiger partial charge in [0.1, 0.15) is 24.4 Å². The van der Waals surface area contributed by atoms with E-state index in [9.17, 15) is 5.53 Å². The van der Waals surface area contributed by atoms with Crippen molar-refractivity contribution in [3.05, 3.63) is 190 Å². The van der Waals surface area contributed by atoms with Gasteiger partial charge in [0.05, 0.1) is 33.0 Å². The summed E-state index contributed by atoms with van der Waals surface area (Å²) in [4.78, 5) is 3.33. The molecule has 1 saturated heterocycles. The van der Waals surface area contributed by atoms with Crippen LogP contribution in [0.1, 0.15) is 27.8 Å². The number of hydrogen-bond donors (Lipinski definition) is 0. The second-order valence-electron chi connectivity index (χ2n) is 11.6. The summed E-state index contributed by atoms with van der Waals surface area (Å²) < 4.78 is 33.5. The summed E-state index contributed by atoms with van der Waals surface area (Å²) in [7, 11) is 0. The van der Waals surface area contributed by atoms with Crippen LogP contribution in [0.2, 0.25) is 0 Å². The van der Waals surface area contributed by atoms with E-state index in [1.54, 1.807) is 0 Å². The number of benzene rings is 5. The van der Waals surface area contributed by atoms with E-state index in [1.807, 2.05) is 152 Å². The molecule has 1 fully saturated rings. The fraction of sp³-hybridized carbons (Fsp3) is 0.250. The van der Waals surface area contributed by atoms with E-state index in [2.05, 4.69) is 10.0 Å². The molecule has 5 aromatic rings. The van der Waals surface area contributed by atoms with Gasteiger partial charge in [0.15, 0.2) is 0 Å². The van der Waals surface area contributed by atoms with Gasteiger partial charge in [-0.1, -0.05) is 157 Å². The average Bonchev–Trinajstić information content (AvgIpc) is 3.15. The van der Waals surface area contributed by atoms with Gasteiger partial charge >= 0.3 is 0 Å². The maximum Gasteiger partial charge on any atom is 0.201 e. The van der Waals surface area contributed by atoms with E-state index in [1.165, 1.54) is 0 Å². The summed E-state index contributed by atoms with van der Waals surface area (Å²) in [6, 6.07) is 49.2. The predicted molar refractivity (Wildman–Crippen MR) is 183 cm³/mol. The summed E-state index contributed by atoms with van der Waals surface area (Å²) in [5.74, 6) is 0. The highest BCUT2D eigenvalue weighted by Crippen LogP contribution is 2.44. The predicted octanol–water partition coefficient (Wildman–Crippen LogP) is 8.52. The number of azide groups is 1. The minimum atomic E-state index is -1.60. The van der Waals surface area contributed by atoms with E-state index in [0.717, 1.165) is 22.3 Å². The highest BCUT2D eigenvalue weighted by atomic mass is 16.6. The molecule has 5 aromatic carbocycles. The summed E-state index contributed by atoms with van der Waals surface area (Å²) in [6.45, 7) is 1.34. The minimum Gasteiger partial charge on any atom is -0.374 e. The summed E-state index contributed by atoms with van der Waals surface area (Å²) in [5, 5.41) is 4.40. The van der Waals surface area contributed by atoms with Crippen LogP contribution in [0, 0.1) is 0 Å². The molecule has 1 heterocycles. The lowest BCUT2D eigenvalue weighted by molar-refractivity contribution is -0.311. The van der Waals surface area contributed by atoms with Gasteiger partial charge in [-0.05, 0) is 33.3 Å². The first kappa shape index (κ1) is 33.1. The first-order valence-electron chi connectivity index (χ1n) is 16.1. The Bertz CT molecular complexity index is 1710. The standard InChI is InChI=1S/C40H39N3O5/c41-43-42-40(35-24-14-5-15-25-35)39(47-29-34-22-12-4-13-23-34)38(46-28-33-20-10-3-11-21-33)37(45-27-32-18-8-2-9-19-32)36(48-40)30-44-26-31-16-6-1-7-17-31/h1-25,36-39H,26-30H2/t36-,37-,38+,39-,40+/m1/s1. The Hall–Kier alpha value is -4.79. The number of rotatable bonds is 15. The molecule has 0 aromatic heterocycles. The van der Waals surface area contributed by atoms with Crippen molar-refractivity contribution < 1.29 is 23.7 Å². The molecule has 48 heavy (non-hydrogen) atoms. The molecule has 0 aliphatic carbocycles. The third-order valence-corrected chi connectivity index (χ3v) is 8.32. The third-order valence-electron chi connectivity index (χ3n) is 8.32. The van der Waals surface area contributed by atoms with Gasteiger partial charge in [-0.15, -0.1) is 0 Å². The van der Waals surface area contributed by atoms with Gasteiger partial charge in [0.2, 0.25) is 5.72 Å². The Labute approximate surface area is 281 Å². The fourth-order valence-corrected chi connectivity index (χ4v) is 5.97.